The SMILES string of the molecule is O=C(O)CC(O)C(O)C(O)C(O)C(O)C(=O)O. The molecule has 0 aromatic carbocycles. The number of aliphatic carboxylic acids is 2. The molecule has 0 radical (unpaired) electrons. The average molecular weight is 254 g/mol. The molecule has 0 amide bonds. The molecule has 0 rings (SSSR count). The predicted octanol–water partition coefficient (Wildman–Crippen LogP) is -3.65. The molecule has 0 heterocycles. The van der Waals surface area contributed by atoms with E-state index in [0.717, 1.165) is 0 Å². The molecule has 5 unspecified atom stereocenters. The summed E-state index contributed by atoms with van der Waals surface area (Å²) in [5.41, 5.74) is 0. The van der Waals surface area contributed by atoms with Crippen molar-refractivity contribution in [2.45, 2.75) is 36.9 Å². The third kappa shape index (κ3) is 4.63. The number of carbonyl (C=O) groups is 2. The van der Waals surface area contributed by atoms with E-state index < -0.39 is 48.9 Å². The van der Waals surface area contributed by atoms with Crippen LogP contribution in [0.15, 0.2) is 0 Å². The molecule has 9 heteroatoms. The Kier molecular flexibility index (Phi) is 5.99. The molecule has 5 atom stereocenters. The topological polar surface area (TPSA) is 176 Å². The van der Waals surface area contributed by atoms with Crippen molar-refractivity contribution in [2.75, 3.05) is 0 Å². The Balaban J connectivity index is 4.52. The summed E-state index contributed by atoms with van der Waals surface area (Å²) in [6, 6.07) is 0. The van der Waals surface area contributed by atoms with Gasteiger partial charge in [0.25, 0.3) is 0 Å². The van der Waals surface area contributed by atoms with Gasteiger partial charge in [-0.1, -0.05) is 0 Å². The van der Waals surface area contributed by atoms with Gasteiger partial charge in [0.15, 0.2) is 6.10 Å². The highest BCUT2D eigenvalue weighted by atomic mass is 16.4. The van der Waals surface area contributed by atoms with Crippen LogP contribution in [0, 0.1) is 0 Å². The molecule has 0 aliphatic rings. The van der Waals surface area contributed by atoms with Gasteiger partial charge in [-0.2, -0.15) is 0 Å². The summed E-state index contributed by atoms with van der Waals surface area (Å²) >= 11 is 0. The maximum atomic E-state index is 10.3. The zero-order valence-electron chi connectivity index (χ0n) is 8.54. The standard InChI is InChI=1S/C8H14O9/c9-2(1-3(10)11)4(12)5(13)6(14)7(15)8(16)17/h2,4-7,9,12-15H,1H2,(H,10,11)(H,16,17). The zero-order chi connectivity index (χ0) is 13.7. The van der Waals surface area contributed by atoms with E-state index in [9.17, 15) is 19.8 Å². The lowest BCUT2D eigenvalue weighted by atomic mass is 9.98. The van der Waals surface area contributed by atoms with E-state index in [2.05, 4.69) is 0 Å². The van der Waals surface area contributed by atoms with Crippen molar-refractivity contribution in [1.29, 1.82) is 0 Å². The number of carboxylic acid groups (broad SMARTS) is 2. The van der Waals surface area contributed by atoms with E-state index in [1.807, 2.05) is 0 Å². The first-order valence-corrected chi connectivity index (χ1v) is 4.53. The minimum absolute atomic E-state index is 0.909. The second-order valence-electron chi connectivity index (χ2n) is 3.42. The van der Waals surface area contributed by atoms with Crippen LogP contribution >= 0.6 is 0 Å². The normalized spacial score (nSPS) is 20.1. The number of aliphatic hydroxyl groups excluding tert-OH is 5. The molecule has 0 aromatic heterocycles. The molecule has 7 N–H and O–H groups in total. The molecule has 0 aromatic rings. The summed E-state index contributed by atoms with van der Waals surface area (Å²) in [6.07, 6.45) is -11.7. The van der Waals surface area contributed by atoms with Gasteiger partial charge in [0.05, 0.1) is 12.5 Å². The van der Waals surface area contributed by atoms with Crippen LogP contribution in [-0.4, -0.2) is 78.2 Å². The summed E-state index contributed by atoms with van der Waals surface area (Å²) in [5.74, 6) is -3.30. The van der Waals surface area contributed by atoms with Gasteiger partial charge in [-0.15, -0.1) is 0 Å². The zero-order valence-corrected chi connectivity index (χ0v) is 8.54. The number of hydrogen-bond acceptors (Lipinski definition) is 7. The first-order valence-electron chi connectivity index (χ1n) is 4.53. The summed E-state index contributed by atoms with van der Waals surface area (Å²) in [6.45, 7) is 0. The smallest absolute Gasteiger partial charge is 0.335 e. The van der Waals surface area contributed by atoms with Crippen molar-refractivity contribution in [1.82, 2.24) is 0 Å². The first kappa shape index (κ1) is 15.7. The summed E-state index contributed by atoms with van der Waals surface area (Å²) in [5, 5.41) is 62.1. The third-order valence-electron chi connectivity index (χ3n) is 2.05. The molecular formula is C8H14O9. The summed E-state index contributed by atoms with van der Waals surface area (Å²) in [4.78, 5) is 20.4. The fraction of sp³-hybridized carbons (Fsp3) is 0.750. The Morgan fingerprint density at radius 1 is 0.824 bits per heavy atom. The van der Waals surface area contributed by atoms with Crippen LogP contribution in [0.25, 0.3) is 0 Å². The van der Waals surface area contributed by atoms with Gasteiger partial charge in [-0.05, 0) is 0 Å². The molecule has 0 bridgehead atoms. The van der Waals surface area contributed by atoms with Crippen LogP contribution in [0.5, 0.6) is 0 Å². The van der Waals surface area contributed by atoms with Crippen LogP contribution in [0.2, 0.25) is 0 Å². The summed E-state index contributed by atoms with van der Waals surface area (Å²) in [7, 11) is 0. The predicted molar refractivity (Wildman–Crippen MR) is 49.9 cm³/mol. The first-order chi connectivity index (χ1) is 7.68. The van der Waals surface area contributed by atoms with E-state index in [1.54, 1.807) is 0 Å². The molecule has 17 heavy (non-hydrogen) atoms. The average Bonchev–Trinajstić information content (AvgIpc) is 2.23. The van der Waals surface area contributed by atoms with Gasteiger partial charge in [0.1, 0.15) is 18.3 Å². The Morgan fingerprint density at radius 2 is 1.29 bits per heavy atom. The maximum Gasteiger partial charge on any atom is 0.335 e. The second kappa shape index (κ2) is 6.47. The van der Waals surface area contributed by atoms with Gasteiger partial charge in [-0.3, -0.25) is 4.79 Å². The highest BCUT2D eigenvalue weighted by molar-refractivity contribution is 5.72. The Hall–Kier alpha value is -1.26. The Labute approximate surface area is 95.2 Å². The summed E-state index contributed by atoms with van der Waals surface area (Å²) < 4.78 is 0. The van der Waals surface area contributed by atoms with Crippen LogP contribution in [-0.2, 0) is 9.59 Å². The fourth-order valence-corrected chi connectivity index (χ4v) is 1.06. The van der Waals surface area contributed by atoms with E-state index in [4.69, 9.17) is 25.5 Å². The van der Waals surface area contributed by atoms with Gasteiger partial charge >= 0.3 is 11.9 Å². The van der Waals surface area contributed by atoms with Gasteiger partial charge in [0, 0.05) is 0 Å². The van der Waals surface area contributed by atoms with Crippen molar-refractivity contribution in [3.8, 4) is 0 Å². The van der Waals surface area contributed by atoms with Crippen LogP contribution in [0.3, 0.4) is 0 Å². The lowest BCUT2D eigenvalue weighted by molar-refractivity contribution is -0.170. The molecule has 0 fully saturated rings. The molecular weight excluding hydrogens is 240 g/mol. The Morgan fingerprint density at radius 3 is 1.65 bits per heavy atom. The Bertz CT molecular complexity index is 278. The number of rotatable bonds is 7. The van der Waals surface area contributed by atoms with Gasteiger partial charge in [-0.25, -0.2) is 4.79 Å². The minimum Gasteiger partial charge on any atom is -0.481 e. The number of carboxylic acids is 2. The highest BCUT2D eigenvalue weighted by Gasteiger charge is 2.37. The fourth-order valence-electron chi connectivity index (χ4n) is 1.06. The van der Waals surface area contributed by atoms with E-state index in [-0.39, 0.29) is 0 Å². The lowest BCUT2D eigenvalue weighted by Crippen LogP contribution is -2.51. The molecule has 100 valence electrons. The number of aliphatic hydroxyl groups is 5. The highest BCUT2D eigenvalue weighted by Crippen LogP contribution is 2.11. The third-order valence-corrected chi connectivity index (χ3v) is 2.05. The van der Waals surface area contributed by atoms with Crippen molar-refractivity contribution in [3.63, 3.8) is 0 Å². The van der Waals surface area contributed by atoms with Crippen LogP contribution in [0.4, 0.5) is 0 Å². The monoisotopic (exact) mass is 254 g/mol. The number of hydrogen-bond donors (Lipinski definition) is 7. The maximum absolute atomic E-state index is 10.3. The molecule has 0 aliphatic heterocycles. The second-order valence-corrected chi connectivity index (χ2v) is 3.42. The van der Waals surface area contributed by atoms with Crippen LogP contribution < -0.4 is 0 Å². The van der Waals surface area contributed by atoms with Crippen molar-refractivity contribution in [2.24, 2.45) is 0 Å². The minimum atomic E-state index is -2.36. The molecule has 0 saturated heterocycles. The van der Waals surface area contributed by atoms with Crippen molar-refractivity contribution in [3.05, 3.63) is 0 Å². The molecule has 9 nitrogen and oxygen atoms in total. The quantitative estimate of drug-likeness (QED) is 0.241. The molecule has 0 aliphatic carbocycles. The largest absolute Gasteiger partial charge is 0.481 e. The van der Waals surface area contributed by atoms with E-state index >= 15 is 0 Å². The van der Waals surface area contributed by atoms with Gasteiger partial charge in [0.2, 0.25) is 0 Å². The van der Waals surface area contributed by atoms with Crippen molar-refractivity contribution < 1.29 is 45.3 Å². The van der Waals surface area contributed by atoms with Crippen LogP contribution in [0.1, 0.15) is 6.42 Å². The van der Waals surface area contributed by atoms with Gasteiger partial charge < -0.3 is 35.7 Å². The molecule has 0 spiro atoms. The molecule has 0 saturated carbocycles. The van der Waals surface area contributed by atoms with Crippen molar-refractivity contribution >= 4 is 11.9 Å². The lowest BCUT2D eigenvalue weighted by Gasteiger charge is -2.27. The van der Waals surface area contributed by atoms with E-state index in [0.29, 0.717) is 0 Å². The van der Waals surface area contributed by atoms with E-state index in [1.165, 1.54) is 0 Å².